The van der Waals surface area contributed by atoms with Crippen molar-refractivity contribution >= 4 is 50.2 Å². The van der Waals surface area contributed by atoms with Crippen molar-refractivity contribution in [1.82, 2.24) is 0 Å². The Kier molecular flexibility index (Phi) is 5.53. The lowest BCUT2D eigenvalue weighted by molar-refractivity contribution is -0.253. The summed E-state index contributed by atoms with van der Waals surface area (Å²) in [6.45, 7) is 0. The SMILES string of the molecule is O=S(=O)(Nc1cccc(OC(F)(F)C(F)F)c1)c1cc(Cl)sc1Cl. The van der Waals surface area contributed by atoms with Crippen molar-refractivity contribution in [2.45, 2.75) is 17.4 Å². The van der Waals surface area contributed by atoms with Gasteiger partial charge in [-0.25, -0.2) is 8.42 Å². The number of rotatable bonds is 6. The van der Waals surface area contributed by atoms with Crippen LogP contribution in [0.3, 0.4) is 0 Å². The topological polar surface area (TPSA) is 55.4 Å². The first kappa shape index (κ1) is 19.1. The predicted molar refractivity (Wildman–Crippen MR) is 83.2 cm³/mol. The lowest BCUT2D eigenvalue weighted by atomic mass is 10.3. The van der Waals surface area contributed by atoms with Crippen LogP contribution in [0.15, 0.2) is 35.2 Å². The molecule has 0 aliphatic heterocycles. The van der Waals surface area contributed by atoms with Crippen LogP contribution in [0.2, 0.25) is 8.67 Å². The number of halogens is 6. The van der Waals surface area contributed by atoms with Crippen LogP contribution in [0.4, 0.5) is 23.2 Å². The molecule has 0 radical (unpaired) electrons. The van der Waals surface area contributed by atoms with Crippen LogP contribution in [-0.4, -0.2) is 21.0 Å². The van der Waals surface area contributed by atoms with Crippen molar-refractivity contribution in [1.29, 1.82) is 0 Å². The number of alkyl halides is 4. The molecule has 0 spiro atoms. The van der Waals surface area contributed by atoms with Gasteiger partial charge < -0.3 is 4.74 Å². The van der Waals surface area contributed by atoms with Crippen molar-refractivity contribution in [2.24, 2.45) is 0 Å². The summed E-state index contributed by atoms with van der Waals surface area (Å²) in [5, 5.41) is 0. The molecule has 0 saturated carbocycles. The van der Waals surface area contributed by atoms with E-state index >= 15 is 0 Å². The highest BCUT2D eigenvalue weighted by Crippen LogP contribution is 2.35. The smallest absolute Gasteiger partial charge is 0.428 e. The Morgan fingerprint density at radius 3 is 2.42 bits per heavy atom. The molecule has 0 aliphatic carbocycles. The Morgan fingerprint density at radius 1 is 1.21 bits per heavy atom. The van der Waals surface area contributed by atoms with Crippen LogP contribution in [0.25, 0.3) is 0 Å². The summed E-state index contributed by atoms with van der Waals surface area (Å²) < 4.78 is 80.4. The largest absolute Gasteiger partial charge is 0.461 e. The molecule has 0 amide bonds. The van der Waals surface area contributed by atoms with Gasteiger partial charge in [0.1, 0.15) is 15.0 Å². The maximum atomic E-state index is 12.9. The highest BCUT2D eigenvalue weighted by atomic mass is 35.5. The summed E-state index contributed by atoms with van der Waals surface area (Å²) in [6.07, 6.45) is -8.74. The molecule has 0 fully saturated rings. The number of thiophene rings is 1. The van der Waals surface area contributed by atoms with Crippen molar-refractivity contribution < 1.29 is 30.7 Å². The monoisotopic (exact) mass is 423 g/mol. The molecule has 12 heteroatoms. The van der Waals surface area contributed by atoms with Crippen molar-refractivity contribution in [2.75, 3.05) is 4.72 Å². The average molecular weight is 424 g/mol. The summed E-state index contributed by atoms with van der Waals surface area (Å²) in [5.41, 5.74) is -0.184. The third kappa shape index (κ3) is 4.44. The van der Waals surface area contributed by atoms with Crippen LogP contribution < -0.4 is 9.46 Å². The molecule has 24 heavy (non-hydrogen) atoms. The molecule has 0 bridgehead atoms. The molecule has 2 aromatic rings. The summed E-state index contributed by atoms with van der Waals surface area (Å²) >= 11 is 12.3. The van der Waals surface area contributed by atoms with Gasteiger partial charge in [0.25, 0.3) is 10.0 Å². The third-order valence-corrected chi connectivity index (χ3v) is 5.64. The minimum absolute atomic E-state index is 0.0934. The molecule has 1 heterocycles. The summed E-state index contributed by atoms with van der Waals surface area (Å²) in [4.78, 5) is -0.302. The van der Waals surface area contributed by atoms with Crippen LogP contribution in [0, 0.1) is 0 Å². The standard InChI is InChI=1S/C12H7Cl2F4NO3S2/c13-9-5-8(10(14)23-9)24(20,21)19-6-2-1-3-7(4-6)22-12(17,18)11(15)16/h1-5,11,19H. The molecule has 1 aromatic carbocycles. The predicted octanol–water partition coefficient (Wildman–Crippen LogP) is 5.09. The molecule has 0 unspecified atom stereocenters. The molecule has 0 saturated heterocycles. The van der Waals surface area contributed by atoms with E-state index < -0.39 is 28.3 Å². The zero-order chi connectivity index (χ0) is 18.1. The first-order chi connectivity index (χ1) is 11.0. The quantitative estimate of drug-likeness (QED) is 0.658. The first-order valence-corrected chi connectivity index (χ1v) is 8.99. The van der Waals surface area contributed by atoms with Gasteiger partial charge in [-0.15, -0.1) is 11.3 Å². The Hall–Kier alpha value is -1.23. The van der Waals surface area contributed by atoms with Crippen molar-refractivity contribution in [3.63, 3.8) is 0 Å². The lowest BCUT2D eigenvalue weighted by Crippen LogP contribution is -2.33. The molecule has 0 aliphatic rings. The second kappa shape index (κ2) is 6.95. The Labute approximate surface area is 148 Å². The second-order valence-electron chi connectivity index (χ2n) is 4.29. The highest BCUT2D eigenvalue weighted by Gasteiger charge is 2.44. The van der Waals surface area contributed by atoms with Crippen molar-refractivity contribution in [3.05, 3.63) is 39.0 Å². The zero-order valence-electron chi connectivity index (χ0n) is 11.3. The zero-order valence-corrected chi connectivity index (χ0v) is 14.4. The Balaban J connectivity index is 2.25. The van der Waals surface area contributed by atoms with E-state index in [0.717, 1.165) is 35.6 Å². The van der Waals surface area contributed by atoms with Gasteiger partial charge in [0.15, 0.2) is 0 Å². The minimum Gasteiger partial charge on any atom is -0.428 e. The van der Waals surface area contributed by atoms with Crippen LogP contribution in [0.1, 0.15) is 0 Å². The molecule has 4 nitrogen and oxygen atoms in total. The van der Waals surface area contributed by atoms with Gasteiger partial charge in [0.2, 0.25) is 0 Å². The van der Waals surface area contributed by atoms with Gasteiger partial charge in [-0.3, -0.25) is 4.72 Å². The van der Waals surface area contributed by atoms with E-state index in [1.54, 1.807) is 0 Å². The summed E-state index contributed by atoms with van der Waals surface area (Å²) in [5.74, 6) is -0.644. The lowest BCUT2D eigenvalue weighted by Gasteiger charge is -2.17. The summed E-state index contributed by atoms with van der Waals surface area (Å²) in [7, 11) is -4.15. The fourth-order valence-corrected chi connectivity index (χ4v) is 4.74. The van der Waals surface area contributed by atoms with Gasteiger partial charge >= 0.3 is 12.5 Å². The van der Waals surface area contributed by atoms with E-state index in [9.17, 15) is 26.0 Å². The van der Waals surface area contributed by atoms with Crippen molar-refractivity contribution in [3.8, 4) is 5.75 Å². The Morgan fingerprint density at radius 2 is 1.88 bits per heavy atom. The van der Waals surface area contributed by atoms with Crippen LogP contribution >= 0.6 is 34.5 Å². The van der Waals surface area contributed by atoms with E-state index in [-0.39, 0.29) is 19.3 Å². The molecule has 132 valence electrons. The van der Waals surface area contributed by atoms with E-state index in [4.69, 9.17) is 23.2 Å². The fraction of sp³-hybridized carbons (Fsp3) is 0.167. The second-order valence-corrected chi connectivity index (χ2v) is 8.22. The molecular formula is C12H7Cl2F4NO3S2. The number of sulfonamides is 1. The molecule has 0 atom stereocenters. The number of ether oxygens (including phenoxy) is 1. The first-order valence-electron chi connectivity index (χ1n) is 5.94. The normalized spacial score (nSPS) is 12.5. The van der Waals surface area contributed by atoms with Gasteiger partial charge in [-0.1, -0.05) is 29.3 Å². The third-order valence-electron chi connectivity index (χ3n) is 2.51. The number of nitrogens with one attached hydrogen (secondary N) is 1. The van der Waals surface area contributed by atoms with E-state index in [1.807, 2.05) is 0 Å². The minimum atomic E-state index is -4.71. The van der Waals surface area contributed by atoms with Gasteiger partial charge in [0, 0.05) is 6.07 Å². The Bertz CT molecular complexity index is 843. The maximum Gasteiger partial charge on any atom is 0.461 e. The molecule has 1 N–H and O–H groups in total. The molecule has 1 aromatic heterocycles. The number of benzene rings is 1. The van der Waals surface area contributed by atoms with E-state index in [0.29, 0.717) is 0 Å². The van der Waals surface area contributed by atoms with E-state index in [1.165, 1.54) is 6.07 Å². The average Bonchev–Trinajstić information content (AvgIpc) is 2.77. The van der Waals surface area contributed by atoms with E-state index in [2.05, 4.69) is 9.46 Å². The number of hydrogen-bond donors (Lipinski definition) is 1. The van der Waals surface area contributed by atoms with Gasteiger partial charge in [-0.05, 0) is 18.2 Å². The van der Waals surface area contributed by atoms with Crippen LogP contribution in [-0.2, 0) is 10.0 Å². The highest BCUT2D eigenvalue weighted by molar-refractivity contribution is 7.93. The van der Waals surface area contributed by atoms with Crippen LogP contribution in [0.5, 0.6) is 5.75 Å². The number of hydrogen-bond acceptors (Lipinski definition) is 4. The summed E-state index contributed by atoms with van der Waals surface area (Å²) in [6, 6.07) is 5.28. The molecular weight excluding hydrogens is 417 g/mol. The van der Waals surface area contributed by atoms with Gasteiger partial charge in [-0.2, -0.15) is 17.6 Å². The van der Waals surface area contributed by atoms with Gasteiger partial charge in [0.05, 0.1) is 10.0 Å². The molecule has 2 rings (SSSR count). The fourth-order valence-electron chi connectivity index (χ4n) is 1.54. The maximum absolute atomic E-state index is 12.9. The number of anilines is 1.